The second kappa shape index (κ2) is 11.7. The maximum atomic E-state index is 8.40. The fourth-order valence-electron chi connectivity index (χ4n) is 9.03. The van der Waals surface area contributed by atoms with E-state index in [0.29, 0.717) is 5.71 Å². The summed E-state index contributed by atoms with van der Waals surface area (Å²) in [6, 6.07) is 66.3. The van der Waals surface area contributed by atoms with Crippen LogP contribution in [0.2, 0.25) is 0 Å². The van der Waals surface area contributed by atoms with Crippen molar-refractivity contribution in [2.45, 2.75) is 6.92 Å². The third-order valence-electron chi connectivity index (χ3n) is 11.5. The Morgan fingerprint density at radius 1 is 0.352 bits per heavy atom. The van der Waals surface area contributed by atoms with Crippen molar-refractivity contribution in [1.29, 1.82) is 5.41 Å². The Bertz CT molecular complexity index is 2770. The van der Waals surface area contributed by atoms with Gasteiger partial charge in [0.05, 0.1) is 0 Å². The molecule has 1 N–H and O–H groups in total. The molecule has 2 aliphatic carbocycles. The van der Waals surface area contributed by atoms with Crippen LogP contribution in [0.25, 0.3) is 88.3 Å². The number of anilines is 3. The number of fused-ring (bicyclic) bond motifs is 6. The molecule has 11 rings (SSSR count). The van der Waals surface area contributed by atoms with Crippen LogP contribution in [-0.2, 0) is 0 Å². The van der Waals surface area contributed by atoms with Crippen LogP contribution in [0.5, 0.6) is 0 Å². The summed E-state index contributed by atoms with van der Waals surface area (Å²) >= 11 is 0. The zero-order chi connectivity index (χ0) is 35.9. The van der Waals surface area contributed by atoms with Gasteiger partial charge in [0.2, 0.25) is 0 Å². The third kappa shape index (κ3) is 4.50. The van der Waals surface area contributed by atoms with Crippen LogP contribution >= 0.6 is 0 Å². The van der Waals surface area contributed by atoms with Crippen molar-refractivity contribution >= 4 is 44.3 Å². The van der Waals surface area contributed by atoms with Gasteiger partial charge in [-0.3, -0.25) is 0 Å². The molecule has 54 heavy (non-hydrogen) atoms. The average Bonchev–Trinajstić information content (AvgIpc) is 3.74. The van der Waals surface area contributed by atoms with E-state index in [-0.39, 0.29) is 0 Å². The predicted molar refractivity (Wildman–Crippen MR) is 228 cm³/mol. The van der Waals surface area contributed by atoms with Crippen molar-refractivity contribution < 1.29 is 0 Å². The molecule has 0 bridgehead atoms. The molecule has 2 aliphatic rings. The van der Waals surface area contributed by atoms with Gasteiger partial charge in [-0.05, 0) is 137 Å². The maximum absolute atomic E-state index is 8.40. The molecule has 2 nitrogen and oxygen atoms in total. The van der Waals surface area contributed by atoms with E-state index in [2.05, 4.69) is 175 Å². The first-order chi connectivity index (χ1) is 26.6. The number of nitrogens with one attached hydrogen (secondary N) is 1. The van der Waals surface area contributed by atoms with Crippen LogP contribution in [0, 0.1) is 5.41 Å². The van der Waals surface area contributed by atoms with Gasteiger partial charge in [-0.1, -0.05) is 146 Å². The predicted octanol–water partition coefficient (Wildman–Crippen LogP) is 14.5. The number of rotatable bonds is 6. The lowest BCUT2D eigenvalue weighted by molar-refractivity contribution is 1.28. The van der Waals surface area contributed by atoms with E-state index in [1.54, 1.807) is 0 Å². The number of hydrogen-bond donors (Lipinski definition) is 1. The van der Waals surface area contributed by atoms with Gasteiger partial charge in [0.15, 0.2) is 0 Å². The van der Waals surface area contributed by atoms with Crippen molar-refractivity contribution in [3.8, 4) is 66.8 Å². The first kappa shape index (κ1) is 30.6. The SMILES string of the molecule is CC(=N)c1cccc(N(c2ccc(-c3ccc4c5c(cccc35)-c3ccccc3-4)cc2)c2ccc(-c3ccc4c5c(cccc35)-c3ccccc3-4)cc2)c1. The quantitative estimate of drug-likeness (QED) is 0.173. The van der Waals surface area contributed by atoms with Crippen molar-refractivity contribution in [1.82, 2.24) is 0 Å². The minimum absolute atomic E-state index is 0.547. The Kier molecular flexibility index (Phi) is 6.65. The molecular formula is C52H34N2. The summed E-state index contributed by atoms with van der Waals surface area (Å²) in [7, 11) is 0. The molecule has 0 unspecified atom stereocenters. The molecule has 0 atom stereocenters. The van der Waals surface area contributed by atoms with Gasteiger partial charge in [-0.25, -0.2) is 0 Å². The Hall–Kier alpha value is -7.03. The maximum Gasteiger partial charge on any atom is 0.0468 e. The van der Waals surface area contributed by atoms with Gasteiger partial charge in [0, 0.05) is 22.8 Å². The first-order valence-corrected chi connectivity index (χ1v) is 18.6. The van der Waals surface area contributed by atoms with Gasteiger partial charge >= 0.3 is 0 Å². The van der Waals surface area contributed by atoms with Crippen LogP contribution in [0.3, 0.4) is 0 Å². The monoisotopic (exact) mass is 686 g/mol. The summed E-state index contributed by atoms with van der Waals surface area (Å²) in [6.45, 7) is 1.85. The summed E-state index contributed by atoms with van der Waals surface area (Å²) in [6.07, 6.45) is 0. The smallest absolute Gasteiger partial charge is 0.0468 e. The topological polar surface area (TPSA) is 27.1 Å². The summed E-state index contributed by atoms with van der Waals surface area (Å²) in [4.78, 5) is 2.30. The molecule has 9 aromatic carbocycles. The lowest BCUT2D eigenvalue weighted by atomic mass is 9.94. The van der Waals surface area contributed by atoms with E-state index in [0.717, 1.165) is 22.6 Å². The van der Waals surface area contributed by atoms with E-state index in [9.17, 15) is 0 Å². The summed E-state index contributed by atoms with van der Waals surface area (Å²) in [5, 5.41) is 13.6. The highest BCUT2D eigenvalue weighted by Gasteiger charge is 2.24. The minimum Gasteiger partial charge on any atom is -0.310 e. The van der Waals surface area contributed by atoms with Crippen LogP contribution in [0.1, 0.15) is 12.5 Å². The molecule has 0 amide bonds. The fourth-order valence-corrected chi connectivity index (χ4v) is 9.03. The van der Waals surface area contributed by atoms with Crippen LogP contribution in [-0.4, -0.2) is 5.71 Å². The molecule has 0 radical (unpaired) electrons. The van der Waals surface area contributed by atoms with Gasteiger partial charge in [0.1, 0.15) is 0 Å². The van der Waals surface area contributed by atoms with Crippen molar-refractivity contribution in [3.63, 3.8) is 0 Å². The van der Waals surface area contributed by atoms with E-state index < -0.39 is 0 Å². The lowest BCUT2D eigenvalue weighted by Crippen LogP contribution is -2.10. The third-order valence-corrected chi connectivity index (χ3v) is 11.5. The van der Waals surface area contributed by atoms with E-state index in [1.165, 1.54) is 88.3 Å². The second-order valence-electron chi connectivity index (χ2n) is 14.5. The van der Waals surface area contributed by atoms with E-state index >= 15 is 0 Å². The standard InChI is InChI=1S/C52H34N2/c1-32(53)35-9-6-10-38(31-35)54(36-23-19-33(20-24-36)39-27-29-49-43-13-4-2-11-41(43)47-17-7-15-45(39)51(47)49)37-25-21-34(22-26-37)40-28-30-50-44-14-5-3-12-42(44)48-18-8-16-46(40)52(48)50/h2-31,53H,1H3. The highest BCUT2D eigenvalue weighted by atomic mass is 15.1. The van der Waals surface area contributed by atoms with E-state index in [4.69, 9.17) is 5.41 Å². The first-order valence-electron chi connectivity index (χ1n) is 18.6. The zero-order valence-electron chi connectivity index (χ0n) is 29.8. The largest absolute Gasteiger partial charge is 0.310 e. The van der Waals surface area contributed by atoms with Gasteiger partial charge < -0.3 is 10.3 Å². The molecule has 9 aromatic rings. The van der Waals surface area contributed by atoms with Crippen molar-refractivity contribution in [3.05, 3.63) is 188 Å². The second-order valence-corrected chi connectivity index (χ2v) is 14.5. The summed E-state index contributed by atoms with van der Waals surface area (Å²) in [5.74, 6) is 0. The molecule has 0 aromatic heterocycles. The zero-order valence-corrected chi connectivity index (χ0v) is 29.8. The normalized spacial score (nSPS) is 11.9. The number of benzene rings is 9. The minimum atomic E-state index is 0.547. The summed E-state index contributed by atoms with van der Waals surface area (Å²) < 4.78 is 0. The van der Waals surface area contributed by atoms with Crippen LogP contribution in [0.15, 0.2) is 182 Å². The molecule has 0 spiro atoms. The van der Waals surface area contributed by atoms with E-state index in [1.807, 2.05) is 19.1 Å². The van der Waals surface area contributed by atoms with Gasteiger partial charge in [-0.15, -0.1) is 0 Å². The molecule has 0 heterocycles. The summed E-state index contributed by atoms with van der Waals surface area (Å²) in [5.41, 5.74) is 20.0. The molecule has 2 heteroatoms. The Morgan fingerprint density at radius 3 is 1.19 bits per heavy atom. The highest BCUT2D eigenvalue weighted by molar-refractivity contribution is 6.20. The molecular weight excluding hydrogens is 653 g/mol. The number of hydrogen-bond acceptors (Lipinski definition) is 2. The van der Waals surface area contributed by atoms with Crippen molar-refractivity contribution in [2.75, 3.05) is 4.90 Å². The Labute approximate surface area is 314 Å². The molecule has 0 aliphatic heterocycles. The fraction of sp³-hybridized carbons (Fsp3) is 0.0192. The Balaban J connectivity index is 0.997. The van der Waals surface area contributed by atoms with Crippen molar-refractivity contribution in [2.24, 2.45) is 0 Å². The molecule has 0 saturated carbocycles. The molecule has 0 saturated heterocycles. The van der Waals surface area contributed by atoms with Crippen LogP contribution in [0.4, 0.5) is 17.1 Å². The van der Waals surface area contributed by atoms with Gasteiger partial charge in [-0.2, -0.15) is 0 Å². The van der Waals surface area contributed by atoms with Crippen LogP contribution < -0.4 is 4.90 Å². The Morgan fingerprint density at radius 2 is 0.741 bits per heavy atom. The lowest BCUT2D eigenvalue weighted by Gasteiger charge is -2.26. The number of nitrogens with zero attached hydrogens (tertiary/aromatic N) is 1. The average molecular weight is 687 g/mol. The highest BCUT2D eigenvalue weighted by Crippen LogP contribution is 2.51. The molecule has 252 valence electrons. The van der Waals surface area contributed by atoms with Gasteiger partial charge in [0.25, 0.3) is 0 Å². The molecule has 0 fully saturated rings.